The summed E-state index contributed by atoms with van der Waals surface area (Å²) in [7, 11) is 0. The minimum atomic E-state index is -4.56. The van der Waals surface area contributed by atoms with Gasteiger partial charge in [-0.25, -0.2) is 0 Å². The second-order valence-corrected chi connectivity index (χ2v) is 10.5. The van der Waals surface area contributed by atoms with E-state index in [0.717, 1.165) is 49.7 Å². The summed E-state index contributed by atoms with van der Waals surface area (Å²) in [5.41, 5.74) is 1.12. The second-order valence-electron chi connectivity index (χ2n) is 10.5. The van der Waals surface area contributed by atoms with Crippen molar-refractivity contribution in [1.82, 2.24) is 19.6 Å². The van der Waals surface area contributed by atoms with Gasteiger partial charge in [-0.05, 0) is 49.4 Å². The monoisotopic (exact) mass is 519 g/mol. The van der Waals surface area contributed by atoms with E-state index in [1.54, 1.807) is 16.7 Å². The molecule has 2 aliphatic rings. The lowest BCUT2D eigenvalue weighted by atomic mass is 10.1. The predicted octanol–water partition coefficient (Wildman–Crippen LogP) is 4.52. The van der Waals surface area contributed by atoms with Crippen molar-refractivity contribution in [3.63, 3.8) is 0 Å². The number of halogens is 3. The molecular formula is C27H36F3N5O2. The number of fused-ring (bicyclic) bond motifs is 1. The third-order valence-corrected chi connectivity index (χ3v) is 6.92. The maximum absolute atomic E-state index is 13.6. The molecule has 0 spiro atoms. The quantitative estimate of drug-likeness (QED) is 0.583. The lowest BCUT2D eigenvalue weighted by molar-refractivity contribution is -0.142. The van der Waals surface area contributed by atoms with Crippen LogP contribution in [0.5, 0.6) is 0 Å². The summed E-state index contributed by atoms with van der Waals surface area (Å²) in [5.74, 6) is 0.101. The largest absolute Gasteiger partial charge is 0.435 e. The van der Waals surface area contributed by atoms with Gasteiger partial charge in [0.05, 0.1) is 0 Å². The van der Waals surface area contributed by atoms with Gasteiger partial charge in [-0.1, -0.05) is 32.0 Å². The van der Waals surface area contributed by atoms with E-state index in [1.165, 1.54) is 4.68 Å². The van der Waals surface area contributed by atoms with E-state index in [2.05, 4.69) is 23.8 Å². The van der Waals surface area contributed by atoms with Gasteiger partial charge in [-0.15, -0.1) is 0 Å². The van der Waals surface area contributed by atoms with Gasteiger partial charge in [0.25, 0.3) is 0 Å². The Morgan fingerprint density at radius 2 is 1.81 bits per heavy atom. The molecule has 0 N–H and O–H groups in total. The van der Waals surface area contributed by atoms with Gasteiger partial charge in [0.15, 0.2) is 5.69 Å². The minimum Gasteiger partial charge on any atom is -0.335 e. The Morgan fingerprint density at radius 3 is 2.46 bits per heavy atom. The molecule has 2 amide bonds. The molecule has 202 valence electrons. The minimum absolute atomic E-state index is 0.0188. The number of hydrogen-bond donors (Lipinski definition) is 0. The van der Waals surface area contributed by atoms with Crippen molar-refractivity contribution >= 4 is 17.5 Å². The molecule has 37 heavy (non-hydrogen) atoms. The van der Waals surface area contributed by atoms with Gasteiger partial charge >= 0.3 is 6.18 Å². The average molecular weight is 520 g/mol. The third-order valence-electron chi connectivity index (χ3n) is 6.92. The van der Waals surface area contributed by atoms with E-state index >= 15 is 0 Å². The number of nitrogens with zero attached hydrogens (tertiary/aromatic N) is 5. The highest BCUT2D eigenvalue weighted by atomic mass is 19.4. The maximum atomic E-state index is 13.6. The third kappa shape index (κ3) is 6.91. The number of alkyl halides is 3. The Morgan fingerprint density at radius 1 is 1.08 bits per heavy atom. The zero-order valence-corrected chi connectivity index (χ0v) is 21.8. The molecule has 1 aromatic carbocycles. The lowest BCUT2D eigenvalue weighted by Crippen LogP contribution is -2.41. The number of amides is 2. The summed E-state index contributed by atoms with van der Waals surface area (Å²) >= 11 is 0. The molecule has 0 saturated heterocycles. The molecular weight excluding hydrogens is 483 g/mol. The van der Waals surface area contributed by atoms with Gasteiger partial charge < -0.3 is 14.7 Å². The Kier molecular flexibility index (Phi) is 8.26. The van der Waals surface area contributed by atoms with Crippen LogP contribution in [0.2, 0.25) is 0 Å². The fourth-order valence-electron chi connectivity index (χ4n) is 5.01. The van der Waals surface area contributed by atoms with Crippen LogP contribution < -0.4 is 4.90 Å². The zero-order valence-electron chi connectivity index (χ0n) is 21.8. The van der Waals surface area contributed by atoms with E-state index < -0.39 is 11.9 Å². The second kappa shape index (κ2) is 11.2. The molecule has 0 unspecified atom stereocenters. The average Bonchev–Trinajstić information content (AvgIpc) is 3.57. The van der Waals surface area contributed by atoms with Gasteiger partial charge in [-0.2, -0.15) is 18.3 Å². The van der Waals surface area contributed by atoms with Crippen LogP contribution in [0.25, 0.3) is 0 Å². The molecule has 0 atom stereocenters. The van der Waals surface area contributed by atoms with Crippen LogP contribution in [0, 0.1) is 5.92 Å². The van der Waals surface area contributed by atoms with Crippen molar-refractivity contribution in [3.05, 3.63) is 47.3 Å². The summed E-state index contributed by atoms with van der Waals surface area (Å²) in [6.45, 7) is 9.14. The van der Waals surface area contributed by atoms with Crippen LogP contribution >= 0.6 is 0 Å². The van der Waals surface area contributed by atoms with Gasteiger partial charge in [0.1, 0.15) is 6.54 Å². The fourth-order valence-corrected chi connectivity index (χ4v) is 5.01. The number of benzene rings is 1. The lowest BCUT2D eigenvalue weighted by Gasteiger charge is -2.29. The van der Waals surface area contributed by atoms with Gasteiger partial charge in [-0.3, -0.25) is 14.3 Å². The Hall–Kier alpha value is -2.88. The molecule has 1 aliphatic carbocycles. The van der Waals surface area contributed by atoms with Crippen molar-refractivity contribution < 1.29 is 22.8 Å². The van der Waals surface area contributed by atoms with Crippen molar-refractivity contribution in [3.8, 4) is 0 Å². The summed E-state index contributed by atoms with van der Waals surface area (Å²) in [6, 6.07) is 8.62. The molecule has 4 rings (SSSR count). The number of anilines is 1. The highest BCUT2D eigenvalue weighted by Crippen LogP contribution is 2.42. The van der Waals surface area contributed by atoms with E-state index in [1.807, 2.05) is 24.3 Å². The predicted molar refractivity (Wildman–Crippen MR) is 135 cm³/mol. The number of carbonyl (C=O) groups excluding carboxylic acids is 2. The first-order valence-corrected chi connectivity index (χ1v) is 13.0. The van der Waals surface area contributed by atoms with Crippen molar-refractivity contribution in [2.45, 2.75) is 65.2 Å². The highest BCUT2D eigenvalue weighted by molar-refractivity contribution is 5.92. The van der Waals surface area contributed by atoms with E-state index in [4.69, 9.17) is 0 Å². The van der Waals surface area contributed by atoms with E-state index in [0.29, 0.717) is 31.2 Å². The fraction of sp³-hybridized carbons (Fsp3) is 0.593. The van der Waals surface area contributed by atoms with Crippen LogP contribution in [-0.4, -0.2) is 64.1 Å². The van der Waals surface area contributed by atoms with Crippen molar-refractivity contribution in [2.24, 2.45) is 5.92 Å². The molecule has 1 fully saturated rings. The van der Waals surface area contributed by atoms with Crippen LogP contribution in [0.4, 0.5) is 18.9 Å². The Balaban J connectivity index is 1.63. The number of hydrogen-bond acceptors (Lipinski definition) is 4. The number of rotatable bonds is 5. The summed E-state index contributed by atoms with van der Waals surface area (Å²) < 4.78 is 41.4. The first-order chi connectivity index (χ1) is 17.5. The molecule has 7 nitrogen and oxygen atoms in total. The molecule has 10 heteroatoms. The smallest absolute Gasteiger partial charge is 0.335 e. The van der Waals surface area contributed by atoms with Crippen LogP contribution in [0.3, 0.4) is 0 Å². The SMILES string of the molecule is CC(=O)N1CCCN(CC(C)C)CCN(C(=O)Cn2nc(C(F)(F)F)cc2C2CC2)Cc2ccccc21. The zero-order chi connectivity index (χ0) is 26.7. The van der Waals surface area contributed by atoms with Crippen LogP contribution in [0.1, 0.15) is 62.9 Å². The summed E-state index contributed by atoms with van der Waals surface area (Å²) in [5, 5.41) is 3.78. The summed E-state index contributed by atoms with van der Waals surface area (Å²) in [6.07, 6.45) is -2.15. The van der Waals surface area contributed by atoms with Gasteiger partial charge in [0, 0.05) is 56.9 Å². The molecule has 0 bridgehead atoms. The van der Waals surface area contributed by atoms with Crippen LogP contribution in [-0.2, 0) is 28.9 Å². The maximum Gasteiger partial charge on any atom is 0.435 e. The molecule has 0 radical (unpaired) electrons. The van der Waals surface area contributed by atoms with Crippen LogP contribution in [0.15, 0.2) is 30.3 Å². The van der Waals surface area contributed by atoms with Gasteiger partial charge in [0.2, 0.25) is 11.8 Å². The molecule has 2 heterocycles. The highest BCUT2D eigenvalue weighted by Gasteiger charge is 2.38. The number of carbonyl (C=O) groups is 2. The van der Waals surface area contributed by atoms with Crippen molar-refractivity contribution in [2.75, 3.05) is 37.6 Å². The first-order valence-electron chi connectivity index (χ1n) is 13.0. The molecule has 1 saturated carbocycles. The molecule has 1 aromatic heterocycles. The topological polar surface area (TPSA) is 61.7 Å². The molecule has 1 aliphatic heterocycles. The standard InChI is InChI=1S/C27H36F3N5O2/c1-19(2)16-32-11-6-12-34(20(3)36)23-8-5-4-7-22(23)17-33(14-13-32)26(37)18-35-24(21-9-10-21)15-25(31-35)27(28,29)30/h4-5,7-8,15,19,21H,6,9-14,16-18H2,1-3H3. The first kappa shape index (κ1) is 27.2. The van der Waals surface area contributed by atoms with E-state index in [9.17, 15) is 22.8 Å². The number of aromatic nitrogens is 2. The number of para-hydroxylation sites is 1. The molecule has 2 aromatic rings. The van der Waals surface area contributed by atoms with Crippen molar-refractivity contribution in [1.29, 1.82) is 0 Å². The Labute approximate surface area is 216 Å². The Bertz CT molecular complexity index is 1110. The van der Waals surface area contributed by atoms with E-state index in [-0.39, 0.29) is 30.8 Å². The summed E-state index contributed by atoms with van der Waals surface area (Å²) in [4.78, 5) is 31.9. The normalized spacial score (nSPS) is 18.0.